The molecule has 2 aromatic rings. The Morgan fingerprint density at radius 3 is 2.71 bits per heavy atom. The number of benzene rings is 1. The van der Waals surface area contributed by atoms with Gasteiger partial charge in [0.2, 0.25) is 0 Å². The molecule has 1 aromatic heterocycles. The van der Waals surface area contributed by atoms with Crippen LogP contribution < -0.4 is 4.90 Å². The summed E-state index contributed by atoms with van der Waals surface area (Å²) in [6, 6.07) is 8.01. The van der Waals surface area contributed by atoms with E-state index in [-0.39, 0.29) is 5.91 Å². The minimum atomic E-state index is -0.390. The van der Waals surface area contributed by atoms with Gasteiger partial charge in [0.1, 0.15) is 3.82 Å². The highest BCUT2D eigenvalue weighted by molar-refractivity contribution is 7.80. The Labute approximate surface area is 136 Å². The van der Waals surface area contributed by atoms with Crippen molar-refractivity contribution in [3.63, 3.8) is 0 Å². The molecule has 2 heterocycles. The van der Waals surface area contributed by atoms with Crippen LogP contribution in [0.3, 0.4) is 0 Å². The first-order chi connectivity index (χ1) is 9.98. The molecule has 1 aliphatic heterocycles. The molecule has 1 amide bonds. The number of carbonyl (C=O) groups excluding carboxylic acids is 1. The van der Waals surface area contributed by atoms with Crippen LogP contribution in [0.5, 0.6) is 0 Å². The SMILES string of the molecule is CC=CC(=O)N1c2ccccc2-c2c(ssc2=S)C1(C)C. The number of amides is 1. The van der Waals surface area contributed by atoms with Gasteiger partial charge in [-0.1, -0.05) is 57.2 Å². The van der Waals surface area contributed by atoms with E-state index in [1.54, 1.807) is 32.8 Å². The van der Waals surface area contributed by atoms with E-state index in [4.69, 9.17) is 12.2 Å². The highest BCUT2D eigenvalue weighted by Gasteiger charge is 2.41. The number of carbonyl (C=O) groups is 1. The number of para-hydroxylation sites is 1. The molecule has 0 atom stereocenters. The van der Waals surface area contributed by atoms with Crippen molar-refractivity contribution in [1.82, 2.24) is 0 Å². The first-order valence-corrected chi connectivity index (χ1v) is 9.24. The third-order valence-corrected chi connectivity index (χ3v) is 7.02. The van der Waals surface area contributed by atoms with Crippen molar-refractivity contribution in [2.45, 2.75) is 26.3 Å². The van der Waals surface area contributed by atoms with Crippen molar-refractivity contribution >= 4 is 44.5 Å². The zero-order valence-corrected chi connectivity index (χ0v) is 14.5. The van der Waals surface area contributed by atoms with Gasteiger partial charge in [-0.3, -0.25) is 9.69 Å². The second kappa shape index (κ2) is 5.16. The Morgan fingerprint density at radius 2 is 2.00 bits per heavy atom. The molecule has 0 saturated carbocycles. The first kappa shape index (κ1) is 14.6. The van der Waals surface area contributed by atoms with Crippen LogP contribution in [0.1, 0.15) is 25.6 Å². The monoisotopic (exact) mass is 333 g/mol. The Hall–Kier alpha value is -1.30. The predicted octanol–water partition coefficient (Wildman–Crippen LogP) is 5.36. The smallest absolute Gasteiger partial charge is 0.251 e. The summed E-state index contributed by atoms with van der Waals surface area (Å²) in [5, 5.41) is 0. The van der Waals surface area contributed by atoms with Crippen molar-refractivity contribution in [2.75, 3.05) is 4.90 Å². The summed E-state index contributed by atoms with van der Waals surface area (Å²) < 4.78 is 0.911. The van der Waals surface area contributed by atoms with E-state index < -0.39 is 5.54 Å². The molecule has 0 radical (unpaired) electrons. The minimum absolute atomic E-state index is 0.00455. The molecule has 108 valence electrons. The largest absolute Gasteiger partial charge is 0.298 e. The van der Waals surface area contributed by atoms with Gasteiger partial charge in [0, 0.05) is 11.1 Å². The van der Waals surface area contributed by atoms with Crippen LogP contribution in [0.2, 0.25) is 0 Å². The molecule has 3 rings (SSSR count). The third kappa shape index (κ3) is 2.11. The van der Waals surface area contributed by atoms with E-state index in [1.807, 2.05) is 30.0 Å². The molecule has 0 spiro atoms. The van der Waals surface area contributed by atoms with Crippen LogP contribution in [0.25, 0.3) is 11.1 Å². The topological polar surface area (TPSA) is 20.3 Å². The fraction of sp³-hybridized carbons (Fsp3) is 0.250. The highest BCUT2D eigenvalue weighted by atomic mass is 32.9. The quantitative estimate of drug-likeness (QED) is 0.397. The van der Waals surface area contributed by atoms with Crippen LogP contribution in [0.15, 0.2) is 36.4 Å². The molecular weight excluding hydrogens is 318 g/mol. The van der Waals surface area contributed by atoms with E-state index in [0.717, 1.165) is 20.6 Å². The average molecular weight is 334 g/mol. The van der Waals surface area contributed by atoms with E-state index in [1.165, 1.54) is 4.88 Å². The summed E-state index contributed by atoms with van der Waals surface area (Å²) in [5.41, 5.74) is 2.74. The lowest BCUT2D eigenvalue weighted by Gasteiger charge is -2.42. The molecule has 1 aliphatic rings. The Morgan fingerprint density at radius 1 is 1.29 bits per heavy atom. The van der Waals surface area contributed by atoms with E-state index in [9.17, 15) is 4.79 Å². The maximum Gasteiger partial charge on any atom is 0.251 e. The minimum Gasteiger partial charge on any atom is -0.298 e. The van der Waals surface area contributed by atoms with Crippen molar-refractivity contribution in [1.29, 1.82) is 0 Å². The third-order valence-electron chi connectivity index (χ3n) is 3.69. The number of rotatable bonds is 1. The van der Waals surface area contributed by atoms with Crippen LogP contribution in [-0.2, 0) is 10.3 Å². The molecule has 0 aliphatic carbocycles. The number of nitrogens with zero attached hydrogens (tertiary/aromatic N) is 1. The fourth-order valence-electron chi connectivity index (χ4n) is 2.79. The number of hydrogen-bond acceptors (Lipinski definition) is 4. The second-order valence-electron chi connectivity index (χ2n) is 5.41. The molecule has 0 fully saturated rings. The summed E-state index contributed by atoms with van der Waals surface area (Å²) in [7, 11) is 3.29. The molecule has 1 aromatic carbocycles. The van der Waals surface area contributed by atoms with Crippen molar-refractivity contribution in [2.24, 2.45) is 0 Å². The van der Waals surface area contributed by atoms with Crippen molar-refractivity contribution in [3.8, 4) is 11.1 Å². The average Bonchev–Trinajstić information content (AvgIpc) is 2.82. The lowest BCUT2D eigenvalue weighted by Crippen LogP contribution is -2.47. The van der Waals surface area contributed by atoms with Gasteiger partial charge in [-0.05, 0) is 32.9 Å². The van der Waals surface area contributed by atoms with Gasteiger partial charge in [-0.15, -0.1) is 0 Å². The van der Waals surface area contributed by atoms with Crippen LogP contribution >= 0.6 is 32.9 Å². The van der Waals surface area contributed by atoms with Crippen molar-refractivity contribution in [3.05, 3.63) is 45.1 Å². The van der Waals surface area contributed by atoms with Gasteiger partial charge >= 0.3 is 0 Å². The molecule has 5 heteroatoms. The second-order valence-corrected chi connectivity index (χ2v) is 8.22. The van der Waals surface area contributed by atoms with Crippen molar-refractivity contribution < 1.29 is 4.79 Å². The zero-order chi connectivity index (χ0) is 15.2. The zero-order valence-electron chi connectivity index (χ0n) is 12.0. The molecule has 0 unspecified atom stereocenters. The molecule has 2 nitrogen and oxygen atoms in total. The summed E-state index contributed by atoms with van der Waals surface area (Å²) in [5.74, 6) is 0.00455. The van der Waals surface area contributed by atoms with Gasteiger partial charge < -0.3 is 0 Å². The summed E-state index contributed by atoms with van der Waals surface area (Å²) in [4.78, 5) is 15.7. The normalized spacial score (nSPS) is 15.9. The number of allylic oxidation sites excluding steroid dienone is 1. The van der Waals surface area contributed by atoms with Gasteiger partial charge in [0.25, 0.3) is 5.91 Å². The molecule has 0 N–H and O–H groups in total. The summed E-state index contributed by atoms with van der Waals surface area (Å²) in [6.45, 7) is 6.03. The molecular formula is C16H15NOS3. The number of hydrogen-bond donors (Lipinski definition) is 0. The van der Waals surface area contributed by atoms with Gasteiger partial charge in [-0.25, -0.2) is 0 Å². The fourth-order valence-corrected chi connectivity index (χ4v) is 6.07. The van der Waals surface area contributed by atoms with Gasteiger partial charge in [-0.2, -0.15) is 0 Å². The van der Waals surface area contributed by atoms with E-state index in [2.05, 4.69) is 19.9 Å². The standard InChI is InChI=1S/C16H15NOS3/c1-4-7-12(18)17-11-9-6-5-8-10(11)13-14(16(17,2)3)20-21-15(13)19/h4-9H,1-3H3. The first-order valence-electron chi connectivity index (χ1n) is 6.68. The molecule has 21 heavy (non-hydrogen) atoms. The Bertz CT molecular complexity index is 798. The molecule has 0 bridgehead atoms. The Kier molecular flexibility index (Phi) is 3.59. The lowest BCUT2D eigenvalue weighted by molar-refractivity contribution is -0.115. The maximum atomic E-state index is 12.6. The summed E-state index contributed by atoms with van der Waals surface area (Å²) in [6.07, 6.45) is 3.40. The highest BCUT2D eigenvalue weighted by Crippen LogP contribution is 2.51. The summed E-state index contributed by atoms with van der Waals surface area (Å²) >= 11 is 5.52. The number of anilines is 1. The maximum absolute atomic E-state index is 12.6. The van der Waals surface area contributed by atoms with E-state index in [0.29, 0.717) is 0 Å². The van der Waals surface area contributed by atoms with Crippen LogP contribution in [-0.4, -0.2) is 5.91 Å². The molecule has 0 saturated heterocycles. The van der Waals surface area contributed by atoms with E-state index >= 15 is 0 Å². The van der Waals surface area contributed by atoms with Gasteiger partial charge in [0.15, 0.2) is 0 Å². The number of fused-ring (bicyclic) bond motifs is 3. The predicted molar refractivity (Wildman–Crippen MR) is 93.8 cm³/mol. The van der Waals surface area contributed by atoms with Gasteiger partial charge in [0.05, 0.1) is 16.1 Å². The van der Waals surface area contributed by atoms with Crippen LogP contribution in [0, 0.1) is 3.82 Å². The van der Waals surface area contributed by atoms with Crippen LogP contribution in [0.4, 0.5) is 5.69 Å². The Balaban J connectivity index is 2.35. The lowest BCUT2D eigenvalue weighted by atomic mass is 9.87.